The Hall–Kier alpha value is -2.89. The lowest BCUT2D eigenvalue weighted by Gasteiger charge is -2.34. The highest BCUT2D eigenvalue weighted by Crippen LogP contribution is 2.18. The molecule has 2 amide bonds. The largest absolute Gasteiger partial charge is 0.481 e. The lowest BCUT2D eigenvalue weighted by molar-refractivity contribution is -0.138. The second-order valence-corrected chi connectivity index (χ2v) is 5.42. The molecule has 1 heterocycles. The molecule has 0 saturated carbocycles. The zero-order valence-electron chi connectivity index (χ0n) is 13.0. The lowest BCUT2D eigenvalue weighted by Crippen LogP contribution is -2.53. The van der Waals surface area contributed by atoms with E-state index in [1.165, 1.54) is 17.0 Å². The molecule has 1 aliphatic rings. The van der Waals surface area contributed by atoms with E-state index in [9.17, 15) is 14.0 Å². The first kappa shape index (κ1) is 16.0. The van der Waals surface area contributed by atoms with Crippen molar-refractivity contribution in [1.29, 1.82) is 0 Å². The molecule has 0 radical (unpaired) electrons. The van der Waals surface area contributed by atoms with E-state index in [1.54, 1.807) is 17.0 Å². The molecule has 0 aliphatic carbocycles. The van der Waals surface area contributed by atoms with E-state index in [1.807, 2.05) is 30.3 Å². The summed E-state index contributed by atoms with van der Waals surface area (Å²) in [4.78, 5) is 27.5. The molecule has 0 N–H and O–H groups in total. The molecule has 1 saturated heterocycles. The van der Waals surface area contributed by atoms with Crippen molar-refractivity contribution in [3.8, 4) is 5.75 Å². The third-order valence-electron chi connectivity index (χ3n) is 3.83. The Morgan fingerprint density at radius 3 is 2.46 bits per heavy atom. The Morgan fingerprint density at radius 2 is 1.75 bits per heavy atom. The van der Waals surface area contributed by atoms with Crippen LogP contribution in [0.4, 0.5) is 10.1 Å². The van der Waals surface area contributed by atoms with Gasteiger partial charge in [0.05, 0.1) is 0 Å². The molecule has 5 nitrogen and oxygen atoms in total. The molecule has 1 fully saturated rings. The zero-order valence-corrected chi connectivity index (χ0v) is 13.0. The molecule has 1 aliphatic heterocycles. The number of carbonyl (C=O) groups is 2. The van der Waals surface area contributed by atoms with Crippen LogP contribution in [0.3, 0.4) is 0 Å². The monoisotopic (exact) mass is 328 g/mol. The van der Waals surface area contributed by atoms with E-state index in [2.05, 4.69) is 0 Å². The number of hydrogen-bond acceptors (Lipinski definition) is 3. The number of benzene rings is 2. The molecule has 124 valence electrons. The molecule has 6 heteroatoms. The molecule has 0 bridgehead atoms. The Bertz CT molecular complexity index is 736. The third-order valence-corrected chi connectivity index (χ3v) is 3.83. The van der Waals surface area contributed by atoms with Gasteiger partial charge in [-0.3, -0.25) is 9.59 Å². The van der Waals surface area contributed by atoms with Crippen LogP contribution in [0.15, 0.2) is 54.6 Å². The summed E-state index contributed by atoms with van der Waals surface area (Å²) in [6.07, 6.45) is 0. The number of carbonyl (C=O) groups excluding carboxylic acids is 2. The number of halogens is 1. The van der Waals surface area contributed by atoms with Crippen LogP contribution in [0.2, 0.25) is 0 Å². The zero-order chi connectivity index (χ0) is 16.9. The minimum atomic E-state index is -0.518. The Labute approximate surface area is 139 Å². The van der Waals surface area contributed by atoms with E-state index in [4.69, 9.17) is 4.74 Å². The van der Waals surface area contributed by atoms with Crippen LogP contribution >= 0.6 is 0 Å². The van der Waals surface area contributed by atoms with E-state index in [-0.39, 0.29) is 30.7 Å². The predicted octanol–water partition coefficient (Wildman–Crippen LogP) is 2.08. The number of para-hydroxylation sites is 2. The Morgan fingerprint density at radius 1 is 1.04 bits per heavy atom. The molecular weight excluding hydrogens is 311 g/mol. The van der Waals surface area contributed by atoms with Crippen LogP contribution in [-0.4, -0.2) is 43.0 Å². The summed E-state index contributed by atoms with van der Waals surface area (Å²) < 4.78 is 18.7. The minimum Gasteiger partial charge on any atom is -0.481 e. The highest BCUT2D eigenvalue weighted by atomic mass is 19.1. The van der Waals surface area contributed by atoms with Crippen molar-refractivity contribution in [2.45, 2.75) is 0 Å². The second-order valence-electron chi connectivity index (χ2n) is 5.42. The quantitative estimate of drug-likeness (QED) is 0.863. The average Bonchev–Trinajstić information content (AvgIpc) is 2.61. The number of piperazine rings is 1. The van der Waals surface area contributed by atoms with Gasteiger partial charge in [0.15, 0.2) is 18.2 Å². The van der Waals surface area contributed by atoms with Gasteiger partial charge in [0.2, 0.25) is 5.91 Å². The number of hydrogen-bond donors (Lipinski definition) is 0. The fourth-order valence-corrected chi connectivity index (χ4v) is 2.56. The standard InChI is InChI=1S/C18H17FN2O3/c19-15-8-4-5-9-16(15)24-13-18(23)20-10-11-21(17(22)12-20)14-6-2-1-3-7-14/h1-9H,10-13H2. The van der Waals surface area contributed by atoms with Gasteiger partial charge in [-0.05, 0) is 24.3 Å². The number of ether oxygens (including phenoxy) is 1. The van der Waals surface area contributed by atoms with Gasteiger partial charge in [0, 0.05) is 18.8 Å². The second kappa shape index (κ2) is 7.12. The van der Waals surface area contributed by atoms with Gasteiger partial charge in [0.25, 0.3) is 5.91 Å². The van der Waals surface area contributed by atoms with Gasteiger partial charge in [-0.25, -0.2) is 4.39 Å². The van der Waals surface area contributed by atoms with Crippen molar-refractivity contribution >= 4 is 17.5 Å². The molecule has 3 rings (SSSR count). The van der Waals surface area contributed by atoms with Crippen LogP contribution in [0.1, 0.15) is 0 Å². The van der Waals surface area contributed by atoms with Gasteiger partial charge in [-0.15, -0.1) is 0 Å². The predicted molar refractivity (Wildman–Crippen MR) is 87.3 cm³/mol. The summed E-state index contributed by atoms with van der Waals surface area (Å²) in [6, 6.07) is 15.2. The molecule has 2 aromatic rings. The number of nitrogens with zero attached hydrogens (tertiary/aromatic N) is 2. The summed E-state index contributed by atoms with van der Waals surface area (Å²) in [5, 5.41) is 0. The van der Waals surface area contributed by atoms with Gasteiger partial charge < -0.3 is 14.5 Å². The van der Waals surface area contributed by atoms with E-state index in [0.29, 0.717) is 13.1 Å². The van der Waals surface area contributed by atoms with Crippen molar-refractivity contribution in [2.24, 2.45) is 0 Å². The van der Waals surface area contributed by atoms with Gasteiger partial charge in [0.1, 0.15) is 6.54 Å². The smallest absolute Gasteiger partial charge is 0.261 e. The first-order valence-corrected chi connectivity index (χ1v) is 7.65. The SMILES string of the molecule is O=C(COc1ccccc1F)N1CCN(c2ccccc2)C(=O)C1. The highest BCUT2D eigenvalue weighted by molar-refractivity contribution is 5.98. The summed E-state index contributed by atoms with van der Waals surface area (Å²) in [5.41, 5.74) is 0.817. The van der Waals surface area contributed by atoms with Gasteiger partial charge in [-0.1, -0.05) is 30.3 Å². The average molecular weight is 328 g/mol. The van der Waals surface area contributed by atoms with Crippen molar-refractivity contribution in [2.75, 3.05) is 31.1 Å². The maximum Gasteiger partial charge on any atom is 0.261 e. The Balaban J connectivity index is 1.56. The van der Waals surface area contributed by atoms with Crippen molar-refractivity contribution < 1.29 is 18.7 Å². The number of rotatable bonds is 4. The topological polar surface area (TPSA) is 49.9 Å². The fourth-order valence-electron chi connectivity index (χ4n) is 2.56. The van der Waals surface area contributed by atoms with Crippen LogP contribution < -0.4 is 9.64 Å². The van der Waals surface area contributed by atoms with E-state index >= 15 is 0 Å². The van der Waals surface area contributed by atoms with Crippen LogP contribution in [0.5, 0.6) is 5.75 Å². The summed E-state index contributed by atoms with van der Waals surface area (Å²) in [7, 11) is 0. The molecule has 0 unspecified atom stereocenters. The number of amides is 2. The van der Waals surface area contributed by atoms with Gasteiger partial charge >= 0.3 is 0 Å². The van der Waals surface area contributed by atoms with E-state index < -0.39 is 5.82 Å². The summed E-state index contributed by atoms with van der Waals surface area (Å²) in [5.74, 6) is -0.971. The first-order chi connectivity index (χ1) is 11.6. The summed E-state index contributed by atoms with van der Waals surface area (Å²) >= 11 is 0. The van der Waals surface area contributed by atoms with E-state index in [0.717, 1.165) is 5.69 Å². The summed E-state index contributed by atoms with van der Waals surface area (Å²) in [6.45, 7) is 0.544. The van der Waals surface area contributed by atoms with Gasteiger partial charge in [-0.2, -0.15) is 0 Å². The van der Waals surface area contributed by atoms with Crippen LogP contribution in [0.25, 0.3) is 0 Å². The van der Waals surface area contributed by atoms with Crippen LogP contribution in [-0.2, 0) is 9.59 Å². The molecule has 0 spiro atoms. The molecule has 24 heavy (non-hydrogen) atoms. The van der Waals surface area contributed by atoms with Crippen molar-refractivity contribution in [3.63, 3.8) is 0 Å². The fraction of sp³-hybridized carbons (Fsp3) is 0.222. The molecule has 0 aromatic heterocycles. The first-order valence-electron chi connectivity index (χ1n) is 7.65. The number of anilines is 1. The normalized spacial score (nSPS) is 14.6. The maximum atomic E-state index is 13.5. The molecular formula is C18H17FN2O3. The van der Waals surface area contributed by atoms with Crippen LogP contribution in [0, 0.1) is 5.82 Å². The molecule has 0 atom stereocenters. The molecule has 2 aromatic carbocycles. The highest BCUT2D eigenvalue weighted by Gasteiger charge is 2.28. The van der Waals surface area contributed by atoms with Crippen molar-refractivity contribution in [3.05, 3.63) is 60.4 Å². The van der Waals surface area contributed by atoms with Crippen molar-refractivity contribution in [1.82, 2.24) is 4.90 Å². The third kappa shape index (κ3) is 3.53. The maximum absolute atomic E-state index is 13.5. The Kier molecular flexibility index (Phi) is 4.74. The minimum absolute atomic E-state index is 0.00560. The lowest BCUT2D eigenvalue weighted by atomic mass is 10.2.